The molecule has 0 saturated heterocycles. The van der Waals surface area contributed by atoms with E-state index in [-0.39, 0.29) is 23.4 Å². The summed E-state index contributed by atoms with van der Waals surface area (Å²) >= 11 is 5.99. The van der Waals surface area contributed by atoms with Crippen molar-refractivity contribution in [1.82, 2.24) is 10.2 Å². The van der Waals surface area contributed by atoms with Crippen molar-refractivity contribution in [2.75, 3.05) is 18.0 Å². The van der Waals surface area contributed by atoms with Crippen LogP contribution in [0.2, 0.25) is 5.02 Å². The van der Waals surface area contributed by atoms with E-state index in [4.69, 9.17) is 16.3 Å². The van der Waals surface area contributed by atoms with Gasteiger partial charge in [0.15, 0.2) is 0 Å². The normalized spacial score (nSPS) is 12.7. The molecule has 214 valence electrons. The highest BCUT2D eigenvalue weighted by Gasteiger charge is 2.34. The Bertz CT molecular complexity index is 1380. The molecule has 10 heteroatoms. The highest BCUT2D eigenvalue weighted by molar-refractivity contribution is 7.92. The summed E-state index contributed by atoms with van der Waals surface area (Å²) in [6.45, 7) is 5.27. The molecule has 0 aromatic heterocycles. The van der Waals surface area contributed by atoms with E-state index in [0.717, 1.165) is 16.3 Å². The molecule has 0 aliphatic rings. The average Bonchev–Trinajstić information content (AvgIpc) is 2.96. The summed E-state index contributed by atoms with van der Waals surface area (Å²) in [6.07, 6.45) is 1.07. The van der Waals surface area contributed by atoms with E-state index in [2.05, 4.69) is 5.32 Å². The molecular weight excluding hydrogens is 550 g/mol. The van der Waals surface area contributed by atoms with Gasteiger partial charge in [0.05, 0.1) is 17.7 Å². The van der Waals surface area contributed by atoms with Gasteiger partial charge in [-0.3, -0.25) is 13.9 Å². The number of carbonyl (C=O) groups excluding carboxylic acids is 2. The molecule has 0 fully saturated rings. The third-order valence-corrected chi connectivity index (χ3v) is 8.64. The van der Waals surface area contributed by atoms with E-state index in [0.29, 0.717) is 22.9 Å². The van der Waals surface area contributed by atoms with Crippen LogP contribution in [-0.4, -0.2) is 50.9 Å². The van der Waals surface area contributed by atoms with Crippen molar-refractivity contribution in [3.8, 4) is 5.75 Å². The van der Waals surface area contributed by atoms with Gasteiger partial charge in [-0.15, -0.1) is 0 Å². The molecule has 0 aliphatic heterocycles. The smallest absolute Gasteiger partial charge is 0.264 e. The zero-order valence-electron chi connectivity index (χ0n) is 23.2. The zero-order valence-corrected chi connectivity index (χ0v) is 24.8. The first kappa shape index (κ1) is 31.0. The fraction of sp³-hybridized carbons (Fsp3) is 0.333. The van der Waals surface area contributed by atoms with Crippen molar-refractivity contribution in [1.29, 1.82) is 0 Å². The molecule has 0 radical (unpaired) electrons. The monoisotopic (exact) mass is 585 g/mol. The van der Waals surface area contributed by atoms with Crippen molar-refractivity contribution in [2.45, 2.75) is 57.1 Å². The number of sulfonamides is 1. The molecule has 1 N–H and O–H groups in total. The predicted octanol–water partition coefficient (Wildman–Crippen LogP) is 5.27. The Kier molecular flexibility index (Phi) is 11.0. The molecule has 3 aromatic carbocycles. The van der Waals surface area contributed by atoms with E-state index in [1.807, 2.05) is 26.8 Å². The predicted molar refractivity (Wildman–Crippen MR) is 158 cm³/mol. The number of carbonyl (C=O) groups is 2. The van der Waals surface area contributed by atoms with Gasteiger partial charge in [0, 0.05) is 17.6 Å². The maximum Gasteiger partial charge on any atom is 0.264 e. The van der Waals surface area contributed by atoms with Crippen LogP contribution >= 0.6 is 11.6 Å². The number of rotatable bonds is 13. The van der Waals surface area contributed by atoms with Crippen molar-refractivity contribution in [3.63, 3.8) is 0 Å². The van der Waals surface area contributed by atoms with Crippen LogP contribution in [0.15, 0.2) is 83.8 Å². The number of para-hydroxylation sites is 1. The number of nitrogens with zero attached hydrogens (tertiary/aromatic N) is 2. The number of anilines is 1. The van der Waals surface area contributed by atoms with Crippen molar-refractivity contribution in [3.05, 3.63) is 89.4 Å². The Morgan fingerprint density at radius 2 is 1.62 bits per heavy atom. The van der Waals surface area contributed by atoms with Gasteiger partial charge in [-0.1, -0.05) is 55.8 Å². The Morgan fingerprint density at radius 1 is 0.950 bits per heavy atom. The second kappa shape index (κ2) is 14.2. The maximum atomic E-state index is 14.1. The van der Waals surface area contributed by atoms with Crippen LogP contribution in [0, 0.1) is 0 Å². The van der Waals surface area contributed by atoms with Gasteiger partial charge in [0.25, 0.3) is 10.0 Å². The molecule has 8 nitrogen and oxygen atoms in total. The number of halogens is 1. The van der Waals surface area contributed by atoms with E-state index in [1.165, 1.54) is 29.2 Å². The standard InChI is InChI=1S/C30H36ClN3O5S/c1-5-22(3)32-30(36)28(6-2)33(20-23-11-10-14-26(19-23)39-4)29(35)21-34(25-12-8-7-9-13-25)40(37,38)27-17-15-24(31)16-18-27/h7-19,22,28H,5-6,20-21H2,1-4H3,(H,32,36)/t22-,28-/m1/s1. The van der Waals surface area contributed by atoms with Crippen LogP contribution < -0.4 is 14.4 Å². The summed E-state index contributed by atoms with van der Waals surface area (Å²) in [4.78, 5) is 28.8. The Hall–Kier alpha value is -3.56. The van der Waals surface area contributed by atoms with Gasteiger partial charge in [-0.2, -0.15) is 0 Å². The molecule has 2 atom stereocenters. The van der Waals surface area contributed by atoms with Gasteiger partial charge < -0.3 is 15.0 Å². The third kappa shape index (κ3) is 7.76. The molecule has 0 bridgehead atoms. The second-order valence-electron chi connectivity index (χ2n) is 9.42. The largest absolute Gasteiger partial charge is 0.497 e. The van der Waals surface area contributed by atoms with Crippen LogP contribution in [-0.2, 0) is 26.2 Å². The van der Waals surface area contributed by atoms with E-state index in [9.17, 15) is 18.0 Å². The number of methoxy groups -OCH3 is 1. The topological polar surface area (TPSA) is 96.0 Å². The molecule has 0 saturated carbocycles. The quantitative estimate of drug-likeness (QED) is 0.295. The highest BCUT2D eigenvalue weighted by Crippen LogP contribution is 2.26. The van der Waals surface area contributed by atoms with Gasteiger partial charge >= 0.3 is 0 Å². The minimum atomic E-state index is -4.15. The lowest BCUT2D eigenvalue weighted by molar-refractivity contribution is -0.140. The first-order valence-electron chi connectivity index (χ1n) is 13.2. The number of benzene rings is 3. The Labute approximate surface area is 241 Å². The third-order valence-electron chi connectivity index (χ3n) is 6.60. The average molecular weight is 586 g/mol. The molecule has 0 unspecified atom stereocenters. The number of ether oxygens (including phenoxy) is 1. The van der Waals surface area contributed by atoms with Crippen LogP contribution in [0.1, 0.15) is 39.2 Å². The first-order chi connectivity index (χ1) is 19.1. The lowest BCUT2D eigenvalue weighted by atomic mass is 10.1. The summed E-state index contributed by atoms with van der Waals surface area (Å²) in [5.41, 5.74) is 1.07. The van der Waals surface area contributed by atoms with Crippen LogP contribution in [0.5, 0.6) is 5.75 Å². The van der Waals surface area contributed by atoms with Crippen molar-refractivity contribution >= 4 is 39.1 Å². The molecule has 0 aliphatic carbocycles. The van der Waals surface area contributed by atoms with Gasteiger partial charge in [0.1, 0.15) is 18.3 Å². The second-order valence-corrected chi connectivity index (χ2v) is 11.7. The molecule has 0 spiro atoms. The lowest BCUT2D eigenvalue weighted by Gasteiger charge is -2.33. The number of hydrogen-bond donors (Lipinski definition) is 1. The lowest BCUT2D eigenvalue weighted by Crippen LogP contribution is -2.53. The summed E-state index contributed by atoms with van der Waals surface area (Å²) < 4.78 is 34.0. The summed E-state index contributed by atoms with van der Waals surface area (Å²) in [5, 5.41) is 3.36. The molecular formula is C30H36ClN3O5S. The fourth-order valence-electron chi connectivity index (χ4n) is 4.18. The SMILES string of the molecule is CC[C@@H](C)NC(=O)[C@@H](CC)N(Cc1cccc(OC)c1)C(=O)CN(c1ccccc1)S(=O)(=O)c1ccc(Cl)cc1. The highest BCUT2D eigenvalue weighted by atomic mass is 35.5. The maximum absolute atomic E-state index is 14.1. The van der Waals surface area contributed by atoms with Crippen LogP contribution in [0.4, 0.5) is 5.69 Å². The fourth-order valence-corrected chi connectivity index (χ4v) is 5.73. The van der Waals surface area contributed by atoms with Gasteiger partial charge in [0.2, 0.25) is 11.8 Å². The van der Waals surface area contributed by atoms with Crippen LogP contribution in [0.3, 0.4) is 0 Å². The Balaban J connectivity index is 2.04. The first-order valence-corrected chi connectivity index (χ1v) is 15.0. The van der Waals surface area contributed by atoms with E-state index in [1.54, 1.807) is 55.6 Å². The van der Waals surface area contributed by atoms with Gasteiger partial charge in [-0.25, -0.2) is 8.42 Å². The van der Waals surface area contributed by atoms with E-state index < -0.39 is 28.5 Å². The Morgan fingerprint density at radius 3 is 2.23 bits per heavy atom. The number of amides is 2. The van der Waals surface area contributed by atoms with Crippen molar-refractivity contribution < 1.29 is 22.7 Å². The minimum Gasteiger partial charge on any atom is -0.497 e. The molecule has 0 heterocycles. The minimum absolute atomic E-state index is 0.00514. The molecule has 3 rings (SSSR count). The van der Waals surface area contributed by atoms with E-state index >= 15 is 0 Å². The van der Waals surface area contributed by atoms with Crippen molar-refractivity contribution in [2.24, 2.45) is 0 Å². The number of hydrogen-bond acceptors (Lipinski definition) is 5. The van der Waals surface area contributed by atoms with Gasteiger partial charge in [-0.05, 0) is 73.9 Å². The molecule has 40 heavy (non-hydrogen) atoms. The zero-order chi connectivity index (χ0) is 29.3. The molecule has 2 amide bonds. The van der Waals surface area contributed by atoms with Crippen LogP contribution in [0.25, 0.3) is 0 Å². The summed E-state index contributed by atoms with van der Waals surface area (Å²) in [5.74, 6) is -0.200. The number of nitrogens with one attached hydrogen (secondary N) is 1. The summed E-state index contributed by atoms with van der Waals surface area (Å²) in [6, 6.07) is 20.5. The molecule has 3 aromatic rings. The summed E-state index contributed by atoms with van der Waals surface area (Å²) in [7, 11) is -2.60.